The Kier molecular flexibility index (Phi) is 3.42. The summed E-state index contributed by atoms with van der Waals surface area (Å²) >= 11 is 0. The SMILES string of the molecule is Cc1nc2ccc(F)cn2c1C(=O)N1CCCCCC1. The fourth-order valence-corrected chi connectivity index (χ4v) is 2.82. The fourth-order valence-electron chi connectivity index (χ4n) is 2.82. The van der Waals surface area contributed by atoms with E-state index in [1.807, 2.05) is 4.90 Å². The number of halogens is 1. The minimum absolute atomic E-state index is 0.0394. The molecule has 106 valence electrons. The Morgan fingerprint density at radius 1 is 1.20 bits per heavy atom. The van der Waals surface area contributed by atoms with E-state index in [0.717, 1.165) is 25.9 Å². The largest absolute Gasteiger partial charge is 0.337 e. The van der Waals surface area contributed by atoms with Gasteiger partial charge in [0.2, 0.25) is 0 Å². The van der Waals surface area contributed by atoms with Crippen molar-refractivity contribution in [2.24, 2.45) is 0 Å². The number of nitrogens with zero attached hydrogens (tertiary/aromatic N) is 3. The van der Waals surface area contributed by atoms with Crippen molar-refractivity contribution in [3.8, 4) is 0 Å². The van der Waals surface area contributed by atoms with Crippen LogP contribution in [0.4, 0.5) is 4.39 Å². The van der Waals surface area contributed by atoms with Gasteiger partial charge in [0.1, 0.15) is 17.2 Å². The topological polar surface area (TPSA) is 37.6 Å². The molecule has 0 radical (unpaired) electrons. The van der Waals surface area contributed by atoms with Crippen LogP contribution in [0.15, 0.2) is 18.3 Å². The maximum atomic E-state index is 13.4. The number of aromatic nitrogens is 2. The summed E-state index contributed by atoms with van der Waals surface area (Å²) < 4.78 is 15.0. The Hall–Kier alpha value is -1.91. The van der Waals surface area contributed by atoms with E-state index in [1.165, 1.54) is 25.1 Å². The molecule has 0 atom stereocenters. The summed E-state index contributed by atoms with van der Waals surface area (Å²) in [5, 5.41) is 0. The van der Waals surface area contributed by atoms with Gasteiger partial charge in [0.05, 0.1) is 5.69 Å². The van der Waals surface area contributed by atoms with Gasteiger partial charge in [-0.15, -0.1) is 0 Å². The predicted molar refractivity (Wildman–Crippen MR) is 74.3 cm³/mol. The van der Waals surface area contributed by atoms with Crippen LogP contribution in [0.2, 0.25) is 0 Å². The average Bonchev–Trinajstić information content (AvgIpc) is 2.63. The minimum atomic E-state index is -0.361. The normalized spacial score (nSPS) is 16.4. The Bertz CT molecular complexity index is 642. The Labute approximate surface area is 117 Å². The first-order chi connectivity index (χ1) is 9.66. The van der Waals surface area contributed by atoms with Gasteiger partial charge in [-0.25, -0.2) is 9.37 Å². The van der Waals surface area contributed by atoms with Gasteiger partial charge >= 0.3 is 0 Å². The van der Waals surface area contributed by atoms with Crippen LogP contribution < -0.4 is 0 Å². The highest BCUT2D eigenvalue weighted by Crippen LogP contribution is 2.18. The van der Waals surface area contributed by atoms with Crippen molar-refractivity contribution in [1.29, 1.82) is 0 Å². The van der Waals surface area contributed by atoms with E-state index in [4.69, 9.17) is 0 Å². The second kappa shape index (κ2) is 5.23. The molecule has 1 aliphatic rings. The second-order valence-electron chi connectivity index (χ2n) is 5.33. The average molecular weight is 275 g/mol. The van der Waals surface area contributed by atoms with Crippen molar-refractivity contribution < 1.29 is 9.18 Å². The summed E-state index contributed by atoms with van der Waals surface area (Å²) in [4.78, 5) is 18.9. The first-order valence-corrected chi connectivity index (χ1v) is 7.10. The zero-order valence-corrected chi connectivity index (χ0v) is 11.6. The summed E-state index contributed by atoms with van der Waals surface area (Å²) in [6, 6.07) is 2.96. The van der Waals surface area contributed by atoms with Crippen LogP contribution in [0.1, 0.15) is 41.9 Å². The molecule has 2 aromatic rings. The summed E-state index contributed by atoms with van der Waals surface area (Å²) in [5.41, 5.74) is 1.76. The Morgan fingerprint density at radius 2 is 1.90 bits per heavy atom. The van der Waals surface area contributed by atoms with Crippen LogP contribution in [0, 0.1) is 12.7 Å². The van der Waals surface area contributed by atoms with Gasteiger partial charge in [-0.2, -0.15) is 0 Å². The summed E-state index contributed by atoms with van der Waals surface area (Å²) in [6.45, 7) is 3.36. The maximum absolute atomic E-state index is 13.4. The number of fused-ring (bicyclic) bond motifs is 1. The molecule has 0 aliphatic carbocycles. The molecule has 0 bridgehead atoms. The lowest BCUT2D eigenvalue weighted by Crippen LogP contribution is -2.33. The van der Waals surface area contributed by atoms with Crippen LogP contribution in [0.25, 0.3) is 5.65 Å². The maximum Gasteiger partial charge on any atom is 0.272 e. The van der Waals surface area contributed by atoms with Gasteiger partial charge in [-0.3, -0.25) is 9.20 Å². The van der Waals surface area contributed by atoms with Crippen LogP contribution in [0.3, 0.4) is 0 Å². The molecule has 1 aliphatic heterocycles. The number of likely N-dealkylation sites (tertiary alicyclic amines) is 1. The van der Waals surface area contributed by atoms with Crippen molar-refractivity contribution in [1.82, 2.24) is 14.3 Å². The number of amides is 1. The molecular formula is C15H18FN3O. The first kappa shape index (κ1) is 13.1. The quantitative estimate of drug-likeness (QED) is 0.802. The summed E-state index contributed by atoms with van der Waals surface area (Å²) in [5.74, 6) is -0.401. The standard InChI is InChI=1S/C15H18FN3O/c1-11-14(15(20)18-8-4-2-3-5-9-18)19-10-12(16)6-7-13(19)17-11/h6-7,10H,2-5,8-9H2,1H3. The Balaban J connectivity index is 2.01. The number of aryl methyl sites for hydroxylation is 1. The highest BCUT2D eigenvalue weighted by atomic mass is 19.1. The van der Waals surface area contributed by atoms with E-state index in [-0.39, 0.29) is 11.7 Å². The summed E-state index contributed by atoms with van der Waals surface area (Å²) in [6.07, 6.45) is 5.75. The number of imidazole rings is 1. The fraction of sp³-hybridized carbons (Fsp3) is 0.467. The molecule has 3 heterocycles. The van der Waals surface area contributed by atoms with Gasteiger partial charge in [-0.1, -0.05) is 12.8 Å². The molecule has 2 aromatic heterocycles. The predicted octanol–water partition coefficient (Wildman–Crippen LogP) is 2.80. The molecule has 4 nitrogen and oxygen atoms in total. The van der Waals surface area contributed by atoms with Gasteiger partial charge in [0.25, 0.3) is 5.91 Å². The highest BCUT2D eigenvalue weighted by Gasteiger charge is 2.23. The van der Waals surface area contributed by atoms with Crippen molar-refractivity contribution >= 4 is 11.6 Å². The van der Waals surface area contributed by atoms with Crippen molar-refractivity contribution in [2.75, 3.05) is 13.1 Å². The highest BCUT2D eigenvalue weighted by molar-refractivity contribution is 5.94. The number of pyridine rings is 1. The zero-order valence-electron chi connectivity index (χ0n) is 11.6. The third kappa shape index (κ3) is 2.28. The van der Waals surface area contributed by atoms with E-state index < -0.39 is 0 Å². The number of hydrogen-bond donors (Lipinski definition) is 0. The van der Waals surface area contributed by atoms with Gasteiger partial charge in [0.15, 0.2) is 0 Å². The van der Waals surface area contributed by atoms with Crippen molar-refractivity contribution in [3.63, 3.8) is 0 Å². The summed E-state index contributed by atoms with van der Waals surface area (Å²) in [7, 11) is 0. The molecule has 1 fully saturated rings. The van der Waals surface area contributed by atoms with Crippen molar-refractivity contribution in [3.05, 3.63) is 35.5 Å². The van der Waals surface area contributed by atoms with Crippen LogP contribution in [-0.2, 0) is 0 Å². The molecule has 20 heavy (non-hydrogen) atoms. The lowest BCUT2D eigenvalue weighted by Gasteiger charge is -2.20. The van der Waals surface area contributed by atoms with Crippen LogP contribution in [-0.4, -0.2) is 33.3 Å². The first-order valence-electron chi connectivity index (χ1n) is 7.10. The molecule has 1 saturated heterocycles. The molecule has 5 heteroatoms. The second-order valence-corrected chi connectivity index (χ2v) is 5.33. The molecule has 0 unspecified atom stereocenters. The number of carbonyl (C=O) groups excluding carboxylic acids is 1. The molecule has 0 aromatic carbocycles. The zero-order chi connectivity index (χ0) is 14.1. The van der Waals surface area contributed by atoms with Crippen LogP contribution in [0.5, 0.6) is 0 Å². The van der Waals surface area contributed by atoms with E-state index in [2.05, 4.69) is 4.98 Å². The molecule has 0 saturated carbocycles. The molecule has 0 spiro atoms. The van der Waals surface area contributed by atoms with E-state index in [1.54, 1.807) is 17.4 Å². The third-order valence-electron chi connectivity index (χ3n) is 3.85. The van der Waals surface area contributed by atoms with Crippen molar-refractivity contribution in [2.45, 2.75) is 32.6 Å². The Morgan fingerprint density at radius 3 is 2.60 bits per heavy atom. The van der Waals surface area contributed by atoms with Gasteiger partial charge < -0.3 is 4.90 Å². The molecule has 1 amide bonds. The number of rotatable bonds is 1. The third-order valence-corrected chi connectivity index (χ3v) is 3.85. The number of hydrogen-bond acceptors (Lipinski definition) is 2. The van der Waals surface area contributed by atoms with Gasteiger partial charge in [-0.05, 0) is 31.9 Å². The smallest absolute Gasteiger partial charge is 0.272 e. The lowest BCUT2D eigenvalue weighted by molar-refractivity contribution is 0.0754. The lowest BCUT2D eigenvalue weighted by atomic mass is 10.2. The van der Waals surface area contributed by atoms with Crippen LogP contribution >= 0.6 is 0 Å². The van der Waals surface area contributed by atoms with Gasteiger partial charge in [0, 0.05) is 19.3 Å². The van der Waals surface area contributed by atoms with E-state index in [0.29, 0.717) is 17.0 Å². The molecule has 3 rings (SSSR count). The number of carbonyl (C=O) groups is 1. The molecular weight excluding hydrogens is 257 g/mol. The molecule has 0 N–H and O–H groups in total. The van der Waals surface area contributed by atoms with E-state index in [9.17, 15) is 9.18 Å². The van der Waals surface area contributed by atoms with E-state index >= 15 is 0 Å². The monoisotopic (exact) mass is 275 g/mol. The minimum Gasteiger partial charge on any atom is -0.337 e.